The molecule has 70 valence electrons. The molecule has 0 radical (unpaired) electrons. The third-order valence-electron chi connectivity index (χ3n) is 1.92. The van der Waals surface area contributed by atoms with E-state index in [9.17, 15) is 4.79 Å². The minimum atomic E-state index is -0.889. The van der Waals surface area contributed by atoms with E-state index < -0.39 is 5.97 Å². The number of hydrogen-bond acceptors (Lipinski definition) is 2. The maximum atomic E-state index is 10.7. The normalized spacial score (nSPS) is 9.69. The fourth-order valence-corrected chi connectivity index (χ4v) is 1.20. The molecule has 1 rings (SSSR count). The Morgan fingerprint density at radius 2 is 2.23 bits per heavy atom. The van der Waals surface area contributed by atoms with Gasteiger partial charge < -0.3 is 9.84 Å². The van der Waals surface area contributed by atoms with Crippen LogP contribution in [-0.2, 0) is 6.42 Å². The van der Waals surface area contributed by atoms with Crippen LogP contribution in [0.4, 0.5) is 0 Å². The lowest BCUT2D eigenvalue weighted by Gasteiger charge is -2.05. The number of hydrogen-bond donors (Lipinski definition) is 1. The Hall–Kier alpha value is -1.51. The Morgan fingerprint density at radius 1 is 1.54 bits per heavy atom. The first kappa shape index (κ1) is 9.58. The molecule has 0 aliphatic rings. The lowest BCUT2D eigenvalue weighted by atomic mass is 10.1. The van der Waals surface area contributed by atoms with Crippen LogP contribution < -0.4 is 4.74 Å². The highest BCUT2D eigenvalue weighted by atomic mass is 16.5. The largest absolute Gasteiger partial charge is 0.497 e. The van der Waals surface area contributed by atoms with Crippen LogP contribution in [-0.4, -0.2) is 18.2 Å². The van der Waals surface area contributed by atoms with Crippen molar-refractivity contribution in [3.05, 3.63) is 29.3 Å². The lowest BCUT2D eigenvalue weighted by Crippen LogP contribution is -2.01. The van der Waals surface area contributed by atoms with E-state index in [-0.39, 0.29) is 0 Å². The molecule has 13 heavy (non-hydrogen) atoms. The molecule has 0 saturated heterocycles. The van der Waals surface area contributed by atoms with Gasteiger partial charge in [-0.05, 0) is 30.2 Å². The van der Waals surface area contributed by atoms with Crippen molar-refractivity contribution in [2.75, 3.05) is 7.11 Å². The SMILES string of the molecule is CCc1cc(OC)ccc1C(=O)O. The van der Waals surface area contributed by atoms with Gasteiger partial charge >= 0.3 is 5.97 Å². The van der Waals surface area contributed by atoms with Gasteiger partial charge in [0, 0.05) is 0 Å². The van der Waals surface area contributed by atoms with Gasteiger partial charge in [-0.25, -0.2) is 4.79 Å². The second-order valence-electron chi connectivity index (χ2n) is 2.68. The number of carbonyl (C=O) groups is 1. The molecule has 0 spiro atoms. The highest BCUT2D eigenvalue weighted by Gasteiger charge is 2.08. The maximum absolute atomic E-state index is 10.7. The predicted molar refractivity (Wildman–Crippen MR) is 49.3 cm³/mol. The molecule has 0 aliphatic carbocycles. The van der Waals surface area contributed by atoms with Crippen molar-refractivity contribution in [3.63, 3.8) is 0 Å². The lowest BCUT2D eigenvalue weighted by molar-refractivity contribution is 0.0695. The summed E-state index contributed by atoms with van der Waals surface area (Å²) in [6.45, 7) is 1.92. The molecular formula is C10H12O3. The number of benzene rings is 1. The summed E-state index contributed by atoms with van der Waals surface area (Å²) in [6.07, 6.45) is 0.693. The van der Waals surface area contributed by atoms with Crippen molar-refractivity contribution in [1.29, 1.82) is 0 Å². The summed E-state index contributed by atoms with van der Waals surface area (Å²) in [7, 11) is 1.56. The quantitative estimate of drug-likeness (QED) is 0.773. The van der Waals surface area contributed by atoms with Gasteiger partial charge in [0.1, 0.15) is 5.75 Å². The minimum absolute atomic E-state index is 0.350. The van der Waals surface area contributed by atoms with Crippen molar-refractivity contribution >= 4 is 5.97 Å². The molecule has 0 unspecified atom stereocenters. The Balaban J connectivity index is 3.15. The smallest absolute Gasteiger partial charge is 0.335 e. The van der Waals surface area contributed by atoms with Crippen LogP contribution in [0.25, 0.3) is 0 Å². The first-order chi connectivity index (χ1) is 6.19. The van der Waals surface area contributed by atoms with E-state index in [4.69, 9.17) is 9.84 Å². The Labute approximate surface area is 77.0 Å². The Kier molecular flexibility index (Phi) is 2.90. The predicted octanol–water partition coefficient (Wildman–Crippen LogP) is 1.96. The number of aryl methyl sites for hydroxylation is 1. The number of carboxylic acids is 1. The fourth-order valence-electron chi connectivity index (χ4n) is 1.20. The molecule has 0 fully saturated rings. The number of ether oxygens (including phenoxy) is 1. The standard InChI is InChI=1S/C10H12O3/c1-3-7-6-8(13-2)4-5-9(7)10(11)12/h4-6H,3H2,1-2H3,(H,11,12). The zero-order chi connectivity index (χ0) is 9.84. The molecule has 0 saturated carbocycles. The van der Waals surface area contributed by atoms with E-state index in [1.54, 1.807) is 25.3 Å². The first-order valence-electron chi connectivity index (χ1n) is 4.09. The van der Waals surface area contributed by atoms with Crippen molar-refractivity contribution < 1.29 is 14.6 Å². The molecule has 1 aromatic carbocycles. The summed E-state index contributed by atoms with van der Waals surface area (Å²) in [4.78, 5) is 10.7. The van der Waals surface area contributed by atoms with E-state index in [1.807, 2.05) is 6.92 Å². The van der Waals surface area contributed by atoms with Gasteiger partial charge in [-0.1, -0.05) is 6.92 Å². The van der Waals surface area contributed by atoms with Crippen molar-refractivity contribution in [2.45, 2.75) is 13.3 Å². The molecule has 3 nitrogen and oxygen atoms in total. The highest BCUT2D eigenvalue weighted by molar-refractivity contribution is 5.89. The monoisotopic (exact) mass is 180 g/mol. The van der Waals surface area contributed by atoms with Gasteiger partial charge in [-0.3, -0.25) is 0 Å². The van der Waals surface area contributed by atoms with E-state index in [0.29, 0.717) is 17.7 Å². The second kappa shape index (κ2) is 3.94. The molecule has 0 bridgehead atoms. The van der Waals surface area contributed by atoms with E-state index in [2.05, 4.69) is 0 Å². The van der Waals surface area contributed by atoms with Gasteiger partial charge in [0.25, 0.3) is 0 Å². The van der Waals surface area contributed by atoms with Crippen LogP contribution in [0.15, 0.2) is 18.2 Å². The Morgan fingerprint density at radius 3 is 2.69 bits per heavy atom. The van der Waals surface area contributed by atoms with E-state index >= 15 is 0 Å². The molecular weight excluding hydrogens is 168 g/mol. The first-order valence-corrected chi connectivity index (χ1v) is 4.09. The summed E-state index contributed by atoms with van der Waals surface area (Å²) in [5.74, 6) is -0.193. The zero-order valence-corrected chi connectivity index (χ0v) is 7.70. The van der Waals surface area contributed by atoms with Crippen LogP contribution in [0.5, 0.6) is 5.75 Å². The van der Waals surface area contributed by atoms with Crippen LogP contribution in [0.2, 0.25) is 0 Å². The maximum Gasteiger partial charge on any atom is 0.335 e. The number of methoxy groups -OCH3 is 1. The van der Waals surface area contributed by atoms with Gasteiger partial charge in [-0.15, -0.1) is 0 Å². The average molecular weight is 180 g/mol. The third-order valence-corrected chi connectivity index (χ3v) is 1.92. The summed E-state index contributed by atoms with van der Waals surface area (Å²) in [5.41, 5.74) is 1.15. The molecule has 1 aromatic rings. The second-order valence-corrected chi connectivity index (χ2v) is 2.68. The van der Waals surface area contributed by atoms with E-state index in [1.165, 1.54) is 0 Å². The molecule has 0 aliphatic heterocycles. The van der Waals surface area contributed by atoms with Crippen LogP contribution in [0.1, 0.15) is 22.8 Å². The van der Waals surface area contributed by atoms with Gasteiger partial charge in [0.05, 0.1) is 12.7 Å². The summed E-state index contributed by atoms with van der Waals surface area (Å²) in [6, 6.07) is 4.98. The van der Waals surface area contributed by atoms with Crippen LogP contribution in [0.3, 0.4) is 0 Å². The number of aromatic carboxylic acids is 1. The van der Waals surface area contributed by atoms with Gasteiger partial charge in [-0.2, -0.15) is 0 Å². The molecule has 0 atom stereocenters. The average Bonchev–Trinajstić information content (AvgIpc) is 2.16. The summed E-state index contributed by atoms with van der Waals surface area (Å²) in [5, 5.41) is 8.82. The summed E-state index contributed by atoms with van der Waals surface area (Å²) >= 11 is 0. The molecule has 0 heterocycles. The van der Waals surface area contributed by atoms with E-state index in [0.717, 1.165) is 5.56 Å². The summed E-state index contributed by atoms with van der Waals surface area (Å²) < 4.78 is 5.00. The van der Waals surface area contributed by atoms with Crippen molar-refractivity contribution in [1.82, 2.24) is 0 Å². The molecule has 0 aromatic heterocycles. The van der Waals surface area contributed by atoms with Gasteiger partial charge in [0.2, 0.25) is 0 Å². The van der Waals surface area contributed by atoms with Crippen molar-refractivity contribution in [3.8, 4) is 5.75 Å². The topological polar surface area (TPSA) is 46.5 Å². The molecule has 3 heteroatoms. The van der Waals surface area contributed by atoms with Gasteiger partial charge in [0.15, 0.2) is 0 Å². The van der Waals surface area contributed by atoms with Crippen LogP contribution >= 0.6 is 0 Å². The van der Waals surface area contributed by atoms with Crippen LogP contribution in [0, 0.1) is 0 Å². The molecule has 0 amide bonds. The minimum Gasteiger partial charge on any atom is -0.497 e. The fraction of sp³-hybridized carbons (Fsp3) is 0.300. The number of rotatable bonds is 3. The molecule has 1 N–H and O–H groups in total. The third kappa shape index (κ3) is 1.99. The van der Waals surface area contributed by atoms with Crippen molar-refractivity contribution in [2.24, 2.45) is 0 Å². The zero-order valence-electron chi connectivity index (χ0n) is 7.70. The highest BCUT2D eigenvalue weighted by Crippen LogP contribution is 2.18. The number of carboxylic acid groups (broad SMARTS) is 1. The Bertz CT molecular complexity index is 318.